The van der Waals surface area contributed by atoms with Gasteiger partial charge in [-0.05, 0) is 118 Å². The van der Waals surface area contributed by atoms with Gasteiger partial charge in [0.05, 0.1) is 25.4 Å². The molecule has 3 aliphatic rings. The van der Waals surface area contributed by atoms with Crippen LogP contribution in [0.1, 0.15) is 95.5 Å². The number of carbonyl (C=O) groups excluding carboxylic acids is 1. The molecule has 1 amide bonds. The number of morpholine rings is 1. The number of benzene rings is 2. The van der Waals surface area contributed by atoms with Crippen LogP contribution in [0.5, 0.6) is 0 Å². The minimum Gasteiger partial charge on any atom is -0.379 e. The van der Waals surface area contributed by atoms with Gasteiger partial charge in [-0.1, -0.05) is 18.2 Å². The fourth-order valence-corrected chi connectivity index (χ4v) is 8.43. The molecule has 8 heteroatoms. The van der Waals surface area contributed by atoms with Gasteiger partial charge in [0.2, 0.25) is 5.91 Å². The van der Waals surface area contributed by atoms with Gasteiger partial charge >= 0.3 is 0 Å². The van der Waals surface area contributed by atoms with E-state index >= 15 is 0 Å². The first-order chi connectivity index (χ1) is 22.0. The monoisotopic (exact) mass is 626 g/mol. The number of hydrogen-bond donors (Lipinski definition) is 2. The van der Waals surface area contributed by atoms with Crippen molar-refractivity contribution in [1.29, 1.82) is 0 Å². The predicted octanol–water partition coefficient (Wildman–Crippen LogP) is 5.76. The quantitative estimate of drug-likeness (QED) is 0.330. The Hall–Kier alpha value is -3.46. The number of aromatic nitrogens is 1. The number of rotatable bonds is 8. The lowest BCUT2D eigenvalue weighted by Crippen LogP contribution is -2.45. The zero-order chi connectivity index (χ0) is 32.7. The number of fused-ring (bicyclic) bond motifs is 1. The predicted molar refractivity (Wildman–Crippen MR) is 184 cm³/mol. The summed E-state index contributed by atoms with van der Waals surface area (Å²) >= 11 is 0. The van der Waals surface area contributed by atoms with Crippen LogP contribution in [-0.4, -0.2) is 66.9 Å². The Morgan fingerprint density at radius 2 is 1.76 bits per heavy atom. The highest BCUT2D eigenvalue weighted by Crippen LogP contribution is 2.43. The number of primary amides is 1. The minimum atomic E-state index is -0.436. The lowest BCUT2D eigenvalue weighted by molar-refractivity contribution is -0.0376. The molecule has 46 heavy (non-hydrogen) atoms. The van der Waals surface area contributed by atoms with Crippen LogP contribution >= 0.6 is 0 Å². The second-order valence-corrected chi connectivity index (χ2v) is 13.7. The van der Waals surface area contributed by atoms with Crippen molar-refractivity contribution in [2.75, 3.05) is 37.7 Å². The van der Waals surface area contributed by atoms with Gasteiger partial charge in [-0.3, -0.25) is 14.5 Å². The Morgan fingerprint density at radius 3 is 2.41 bits per heavy atom. The fraction of sp³-hybridized carbons (Fsp3) is 0.526. The van der Waals surface area contributed by atoms with Crippen molar-refractivity contribution in [2.24, 2.45) is 5.73 Å². The highest BCUT2D eigenvalue weighted by Gasteiger charge is 2.34. The van der Waals surface area contributed by atoms with Crippen molar-refractivity contribution in [1.82, 2.24) is 9.88 Å². The van der Waals surface area contributed by atoms with E-state index in [0.29, 0.717) is 18.0 Å². The number of anilines is 1. The molecule has 0 saturated carbocycles. The number of nitrogens with one attached hydrogen (secondary N) is 1. The number of nitrogens with two attached hydrogens (primary N) is 1. The molecule has 6 rings (SSSR count). The third kappa shape index (κ3) is 6.27. The van der Waals surface area contributed by atoms with Gasteiger partial charge in [-0.15, -0.1) is 0 Å². The standard InChI is InChI=1S/C38H50N4O4/c1-7-42(29-17-24(4)46-25(5)18-29)36-26(6)32(37(39)43)21-33(34(36)20-31-22(2)16-23(3)40-38(31)44)28-8-10-30-27(19-28)9-11-35(30)41-12-14-45-15-13-41/h8,10,16,19,21,24-25,29,35H,7,9,11-15,17-18,20H2,1-6H3,(H2,39,43)(H,40,44). The molecule has 1 aliphatic carbocycles. The first kappa shape index (κ1) is 32.5. The Kier molecular flexibility index (Phi) is 9.42. The Balaban J connectivity index is 1.55. The molecular formula is C38H50N4O4. The van der Waals surface area contributed by atoms with E-state index in [1.807, 2.05) is 32.9 Å². The van der Waals surface area contributed by atoms with E-state index in [2.05, 4.69) is 53.8 Å². The molecular weight excluding hydrogens is 576 g/mol. The highest BCUT2D eigenvalue weighted by molar-refractivity contribution is 5.99. The molecule has 3 heterocycles. The third-order valence-electron chi connectivity index (χ3n) is 10.5. The molecule has 3 aromatic rings. The molecule has 0 bridgehead atoms. The smallest absolute Gasteiger partial charge is 0.251 e. The summed E-state index contributed by atoms with van der Waals surface area (Å²) in [5.74, 6) is -0.436. The summed E-state index contributed by atoms with van der Waals surface area (Å²) in [5, 5.41) is 0. The van der Waals surface area contributed by atoms with Crippen LogP contribution in [0.2, 0.25) is 0 Å². The number of pyridine rings is 1. The molecule has 3 unspecified atom stereocenters. The maximum Gasteiger partial charge on any atom is 0.251 e. The fourth-order valence-electron chi connectivity index (χ4n) is 8.43. The number of aryl methyl sites for hydroxylation is 3. The van der Waals surface area contributed by atoms with Gasteiger partial charge in [0.1, 0.15) is 0 Å². The summed E-state index contributed by atoms with van der Waals surface area (Å²) in [6, 6.07) is 11.5. The number of aromatic amines is 1. The summed E-state index contributed by atoms with van der Waals surface area (Å²) in [5.41, 5.74) is 16.9. The average molecular weight is 627 g/mol. The molecule has 8 nitrogen and oxygen atoms in total. The molecule has 3 atom stereocenters. The Bertz CT molecular complexity index is 1660. The van der Waals surface area contributed by atoms with Crippen LogP contribution in [0, 0.1) is 20.8 Å². The van der Waals surface area contributed by atoms with Crippen LogP contribution in [-0.2, 0) is 22.3 Å². The number of H-pyrrole nitrogens is 1. The molecule has 246 valence electrons. The van der Waals surface area contributed by atoms with E-state index in [9.17, 15) is 9.59 Å². The van der Waals surface area contributed by atoms with Crippen LogP contribution in [0.4, 0.5) is 5.69 Å². The van der Waals surface area contributed by atoms with Crippen LogP contribution in [0.15, 0.2) is 35.1 Å². The van der Waals surface area contributed by atoms with E-state index in [1.165, 1.54) is 11.1 Å². The maximum absolute atomic E-state index is 13.5. The Labute approximate surface area is 273 Å². The van der Waals surface area contributed by atoms with Crippen molar-refractivity contribution >= 4 is 11.6 Å². The second kappa shape index (κ2) is 13.3. The van der Waals surface area contributed by atoms with Crippen LogP contribution in [0.25, 0.3) is 11.1 Å². The van der Waals surface area contributed by atoms with Crippen molar-refractivity contribution in [3.05, 3.63) is 85.3 Å². The Morgan fingerprint density at radius 1 is 1.04 bits per heavy atom. The van der Waals surface area contributed by atoms with Gasteiger partial charge in [0.25, 0.3) is 5.56 Å². The number of amides is 1. The highest BCUT2D eigenvalue weighted by atomic mass is 16.5. The maximum atomic E-state index is 13.5. The van der Waals surface area contributed by atoms with Crippen molar-refractivity contribution in [3.8, 4) is 11.1 Å². The minimum absolute atomic E-state index is 0.0651. The largest absolute Gasteiger partial charge is 0.379 e. The molecule has 2 aliphatic heterocycles. The summed E-state index contributed by atoms with van der Waals surface area (Å²) in [4.78, 5) is 34.6. The van der Waals surface area contributed by atoms with E-state index in [1.54, 1.807) is 0 Å². The van der Waals surface area contributed by atoms with Gasteiger partial charge in [0.15, 0.2) is 0 Å². The molecule has 3 N–H and O–H groups in total. The molecule has 2 saturated heterocycles. The zero-order valence-corrected chi connectivity index (χ0v) is 28.4. The lowest BCUT2D eigenvalue weighted by atomic mass is 9.85. The summed E-state index contributed by atoms with van der Waals surface area (Å²) in [6.07, 6.45) is 4.59. The normalized spacial score (nSPS) is 23.3. The van der Waals surface area contributed by atoms with Gasteiger partial charge in [-0.2, -0.15) is 0 Å². The van der Waals surface area contributed by atoms with Gasteiger partial charge < -0.3 is 25.1 Å². The number of ether oxygens (including phenoxy) is 2. The molecule has 1 aromatic heterocycles. The molecule has 2 fully saturated rings. The number of hydrogen-bond acceptors (Lipinski definition) is 6. The molecule has 2 aromatic carbocycles. The summed E-state index contributed by atoms with van der Waals surface area (Å²) in [7, 11) is 0. The van der Waals surface area contributed by atoms with E-state index in [0.717, 1.165) is 103 Å². The zero-order valence-electron chi connectivity index (χ0n) is 28.4. The first-order valence-electron chi connectivity index (χ1n) is 17.1. The lowest BCUT2D eigenvalue weighted by Gasteiger charge is -2.42. The summed E-state index contributed by atoms with van der Waals surface area (Å²) in [6.45, 7) is 16.6. The van der Waals surface area contributed by atoms with E-state index in [-0.39, 0.29) is 23.8 Å². The molecule has 0 spiro atoms. The number of nitrogens with zero attached hydrogens (tertiary/aromatic N) is 2. The number of carbonyl (C=O) groups is 1. The van der Waals surface area contributed by atoms with E-state index in [4.69, 9.17) is 15.2 Å². The van der Waals surface area contributed by atoms with Crippen molar-refractivity contribution in [3.63, 3.8) is 0 Å². The summed E-state index contributed by atoms with van der Waals surface area (Å²) < 4.78 is 11.8. The first-order valence-corrected chi connectivity index (χ1v) is 17.1. The SMILES string of the molecule is CCN(c1c(C)c(C(N)=O)cc(-c2ccc3c(c2)CCC3N2CCOCC2)c1Cc1c(C)cc(C)[nH]c1=O)C1CC(C)OC(C)C1. The van der Waals surface area contributed by atoms with Crippen LogP contribution in [0.3, 0.4) is 0 Å². The topological polar surface area (TPSA) is 101 Å². The molecule has 0 radical (unpaired) electrons. The van der Waals surface area contributed by atoms with Crippen molar-refractivity contribution < 1.29 is 14.3 Å². The third-order valence-corrected chi connectivity index (χ3v) is 10.5. The van der Waals surface area contributed by atoms with Gasteiger partial charge in [0, 0.05) is 60.6 Å². The van der Waals surface area contributed by atoms with Crippen molar-refractivity contribution in [2.45, 2.75) is 97.9 Å². The van der Waals surface area contributed by atoms with Gasteiger partial charge in [-0.25, -0.2) is 0 Å². The van der Waals surface area contributed by atoms with E-state index < -0.39 is 5.91 Å². The van der Waals surface area contributed by atoms with Crippen LogP contribution < -0.4 is 16.2 Å². The average Bonchev–Trinajstić information content (AvgIpc) is 3.43. The second-order valence-electron chi connectivity index (χ2n) is 13.7.